The average Bonchev–Trinajstić information content (AvgIpc) is 2.52. The van der Waals surface area contributed by atoms with Crippen molar-refractivity contribution >= 4 is 41.1 Å². The number of rotatable bonds is 2. The highest BCUT2D eigenvalue weighted by Gasteiger charge is 2.23. The smallest absolute Gasteiger partial charge is 0.187 e. The Morgan fingerprint density at radius 1 is 0.875 bits per heavy atom. The summed E-state index contributed by atoms with van der Waals surface area (Å²) in [4.78, 5) is 14.9. The third-order valence-corrected chi connectivity index (χ3v) is 4.31. The molecule has 0 amide bonds. The summed E-state index contributed by atoms with van der Waals surface area (Å²) in [5.41, 5.74) is 3.39. The molecule has 0 N–H and O–H groups in total. The molecule has 3 rings (SSSR count). The highest BCUT2D eigenvalue weighted by atomic mass is 35.5. The van der Waals surface area contributed by atoms with Crippen LogP contribution in [0.1, 0.15) is 11.1 Å². The molecule has 1 aliphatic rings. The Morgan fingerprint density at radius 3 is 1.75 bits per heavy atom. The van der Waals surface area contributed by atoms with Gasteiger partial charge < -0.3 is 0 Å². The topological polar surface area (TPSA) is 20.3 Å². The van der Waals surface area contributed by atoms with Crippen molar-refractivity contribution < 1.29 is 4.79 Å². The van der Waals surface area contributed by atoms with E-state index in [9.17, 15) is 4.79 Å². The first-order valence-electron chi connectivity index (χ1n) is 7.67. The van der Waals surface area contributed by atoms with Gasteiger partial charge in [0.2, 0.25) is 0 Å². The second kappa shape index (κ2) is 7.35. The summed E-state index contributed by atoms with van der Waals surface area (Å²) in [5, 5.41) is 1.33. The molecule has 1 saturated heterocycles. The van der Waals surface area contributed by atoms with E-state index in [-0.39, 0.29) is 5.78 Å². The van der Waals surface area contributed by atoms with Gasteiger partial charge in [-0.2, -0.15) is 0 Å². The van der Waals surface area contributed by atoms with Gasteiger partial charge in [0.1, 0.15) is 0 Å². The minimum atomic E-state index is 0.0769. The van der Waals surface area contributed by atoms with Gasteiger partial charge in [-0.25, -0.2) is 0 Å². The third-order valence-electron chi connectivity index (χ3n) is 3.84. The van der Waals surface area contributed by atoms with Crippen LogP contribution in [0.15, 0.2) is 59.7 Å². The summed E-state index contributed by atoms with van der Waals surface area (Å²) >= 11 is 12.1. The number of likely N-dealkylation sites (tertiary alicyclic amines) is 1. The van der Waals surface area contributed by atoms with E-state index in [4.69, 9.17) is 23.2 Å². The highest BCUT2D eigenvalue weighted by molar-refractivity contribution is 6.31. The molecule has 1 aliphatic heterocycles. The van der Waals surface area contributed by atoms with Crippen molar-refractivity contribution in [1.29, 1.82) is 0 Å². The van der Waals surface area contributed by atoms with E-state index < -0.39 is 0 Å². The Kier molecular flexibility index (Phi) is 5.20. The van der Waals surface area contributed by atoms with Crippen molar-refractivity contribution in [2.24, 2.45) is 0 Å². The molecule has 2 nitrogen and oxygen atoms in total. The van der Waals surface area contributed by atoms with Crippen LogP contribution >= 0.6 is 23.2 Å². The molecule has 0 unspecified atom stereocenters. The van der Waals surface area contributed by atoms with Crippen LogP contribution < -0.4 is 0 Å². The van der Waals surface area contributed by atoms with Crippen LogP contribution in [-0.4, -0.2) is 30.8 Å². The van der Waals surface area contributed by atoms with Gasteiger partial charge in [-0.3, -0.25) is 9.69 Å². The van der Waals surface area contributed by atoms with Crippen molar-refractivity contribution in [3.05, 3.63) is 80.8 Å². The maximum absolute atomic E-state index is 12.8. The van der Waals surface area contributed by atoms with Crippen molar-refractivity contribution in [2.45, 2.75) is 0 Å². The maximum Gasteiger partial charge on any atom is 0.187 e. The Balaban J connectivity index is 1.94. The molecule has 0 saturated carbocycles. The molecule has 0 radical (unpaired) electrons. The molecule has 24 heavy (non-hydrogen) atoms. The molecule has 4 heteroatoms. The van der Waals surface area contributed by atoms with Gasteiger partial charge in [0.05, 0.1) is 0 Å². The van der Waals surface area contributed by atoms with Crippen molar-refractivity contribution in [3.63, 3.8) is 0 Å². The van der Waals surface area contributed by atoms with E-state index in [0.29, 0.717) is 23.1 Å². The van der Waals surface area contributed by atoms with Crippen LogP contribution in [0.5, 0.6) is 0 Å². The third kappa shape index (κ3) is 4.15. The van der Waals surface area contributed by atoms with Crippen LogP contribution in [0.3, 0.4) is 0 Å². The fraction of sp³-hybridized carbons (Fsp3) is 0.150. The van der Waals surface area contributed by atoms with Gasteiger partial charge in [-0.15, -0.1) is 0 Å². The van der Waals surface area contributed by atoms with Gasteiger partial charge in [-0.05, 0) is 54.6 Å². The number of hydrogen-bond acceptors (Lipinski definition) is 2. The lowest BCUT2D eigenvalue weighted by atomic mass is 9.94. The Labute approximate surface area is 152 Å². The number of likely N-dealkylation sites (N-methyl/N-ethyl adjacent to an activating group) is 1. The first kappa shape index (κ1) is 17.0. The summed E-state index contributed by atoms with van der Waals surface area (Å²) in [6.45, 7) is 1.25. The van der Waals surface area contributed by atoms with E-state index >= 15 is 0 Å². The van der Waals surface area contributed by atoms with Gasteiger partial charge >= 0.3 is 0 Å². The van der Waals surface area contributed by atoms with Crippen molar-refractivity contribution in [1.82, 2.24) is 4.90 Å². The van der Waals surface area contributed by atoms with Crippen molar-refractivity contribution in [2.75, 3.05) is 20.1 Å². The minimum Gasteiger partial charge on any atom is -0.298 e. The molecule has 0 aliphatic carbocycles. The highest BCUT2D eigenvalue weighted by Crippen LogP contribution is 2.23. The number of benzene rings is 2. The zero-order chi connectivity index (χ0) is 17.1. The van der Waals surface area contributed by atoms with Crippen LogP contribution in [0.2, 0.25) is 10.0 Å². The lowest BCUT2D eigenvalue weighted by molar-refractivity contribution is -0.113. The van der Waals surface area contributed by atoms with Crippen LogP contribution in [0, 0.1) is 0 Å². The minimum absolute atomic E-state index is 0.0769. The predicted octanol–water partition coefficient (Wildman–Crippen LogP) is 4.97. The van der Waals surface area contributed by atoms with E-state index in [2.05, 4.69) is 4.90 Å². The Hall–Kier alpha value is -1.87. The summed E-state index contributed by atoms with van der Waals surface area (Å²) < 4.78 is 0. The quantitative estimate of drug-likeness (QED) is 0.706. The van der Waals surface area contributed by atoms with Crippen LogP contribution in [0.4, 0.5) is 0 Å². The summed E-state index contributed by atoms with van der Waals surface area (Å²) in [5.74, 6) is 0.0769. The zero-order valence-electron chi connectivity index (χ0n) is 13.3. The molecule has 2 aromatic rings. The normalized spacial score (nSPS) is 19.2. The number of Topliss-reactive ketones (excluding diaryl/α,β-unsaturated/α-hetero) is 1. The molecule has 1 fully saturated rings. The largest absolute Gasteiger partial charge is 0.298 e. The molecule has 2 aromatic carbocycles. The summed E-state index contributed by atoms with van der Waals surface area (Å²) in [6, 6.07) is 15.0. The Morgan fingerprint density at radius 2 is 1.33 bits per heavy atom. The summed E-state index contributed by atoms with van der Waals surface area (Å²) in [6.07, 6.45) is 3.82. The fourth-order valence-corrected chi connectivity index (χ4v) is 3.20. The van der Waals surface area contributed by atoms with E-state index in [1.54, 1.807) is 0 Å². The predicted molar refractivity (Wildman–Crippen MR) is 101 cm³/mol. The monoisotopic (exact) mass is 357 g/mol. The Bertz CT molecular complexity index is 772. The van der Waals surface area contributed by atoms with Gasteiger partial charge in [0.25, 0.3) is 0 Å². The van der Waals surface area contributed by atoms with E-state index in [0.717, 1.165) is 22.3 Å². The molecular formula is C20H17Cl2NO. The average molecular weight is 358 g/mol. The number of carbonyl (C=O) groups is 1. The van der Waals surface area contributed by atoms with Gasteiger partial charge in [-0.1, -0.05) is 47.5 Å². The second-order valence-electron chi connectivity index (χ2n) is 5.95. The van der Waals surface area contributed by atoms with E-state index in [1.807, 2.05) is 67.7 Å². The number of halogens is 2. The van der Waals surface area contributed by atoms with Gasteiger partial charge in [0, 0.05) is 34.3 Å². The zero-order valence-corrected chi connectivity index (χ0v) is 14.8. The van der Waals surface area contributed by atoms with E-state index in [1.165, 1.54) is 0 Å². The number of nitrogens with zero attached hydrogens (tertiary/aromatic N) is 1. The molecule has 0 bridgehead atoms. The lowest BCUT2D eigenvalue weighted by Gasteiger charge is -2.26. The molecular weight excluding hydrogens is 341 g/mol. The maximum atomic E-state index is 12.8. The van der Waals surface area contributed by atoms with Crippen LogP contribution in [-0.2, 0) is 4.79 Å². The number of carbonyl (C=O) groups excluding carboxylic acids is 1. The molecule has 0 aromatic heterocycles. The first-order valence-corrected chi connectivity index (χ1v) is 8.42. The first-order chi connectivity index (χ1) is 11.5. The number of ketones is 1. The van der Waals surface area contributed by atoms with Crippen molar-refractivity contribution in [3.8, 4) is 0 Å². The number of piperidine rings is 1. The van der Waals surface area contributed by atoms with Gasteiger partial charge in [0.15, 0.2) is 5.78 Å². The molecule has 122 valence electrons. The summed E-state index contributed by atoms with van der Waals surface area (Å²) in [7, 11) is 2.00. The molecule has 0 atom stereocenters. The standard InChI is InChI=1S/C20H17Cl2NO/c1-23-12-16(8-14-4-2-6-18(21)10-14)20(24)17(13-23)9-15-5-3-7-19(22)11-15/h2-11H,12-13H2,1H3. The molecule has 0 spiro atoms. The second-order valence-corrected chi connectivity index (χ2v) is 6.82. The lowest BCUT2D eigenvalue weighted by Crippen LogP contribution is -2.34. The molecule has 1 heterocycles. The SMILES string of the molecule is CN1CC(=Cc2cccc(Cl)c2)C(=O)C(=Cc2cccc(Cl)c2)C1. The fourth-order valence-electron chi connectivity index (χ4n) is 2.80. The van der Waals surface area contributed by atoms with Crippen LogP contribution in [0.25, 0.3) is 12.2 Å². The number of hydrogen-bond donors (Lipinski definition) is 0.